The zero-order valence-corrected chi connectivity index (χ0v) is 16.1. The molecule has 0 saturated carbocycles. The van der Waals surface area contributed by atoms with Crippen molar-refractivity contribution in [2.24, 2.45) is 0 Å². The molecule has 0 aliphatic carbocycles. The molecule has 29 heavy (non-hydrogen) atoms. The van der Waals surface area contributed by atoms with E-state index >= 15 is 0 Å². The van der Waals surface area contributed by atoms with E-state index in [0.717, 1.165) is 54.7 Å². The molecule has 152 valence electrons. The van der Waals surface area contributed by atoms with Crippen LogP contribution in [0.4, 0.5) is 4.39 Å². The Morgan fingerprint density at radius 2 is 2.07 bits per heavy atom. The summed E-state index contributed by atoms with van der Waals surface area (Å²) in [7, 11) is 0. The highest BCUT2D eigenvalue weighted by Gasteiger charge is 2.19. The Morgan fingerprint density at radius 3 is 2.86 bits per heavy atom. The van der Waals surface area contributed by atoms with Gasteiger partial charge < -0.3 is 14.6 Å². The molecule has 6 nitrogen and oxygen atoms in total. The van der Waals surface area contributed by atoms with Gasteiger partial charge in [0, 0.05) is 24.2 Å². The minimum Gasteiger partial charge on any atom is -0.494 e. The molecule has 7 heteroatoms. The van der Waals surface area contributed by atoms with Gasteiger partial charge in [0.1, 0.15) is 11.6 Å². The molecule has 1 amide bonds. The third kappa shape index (κ3) is 4.26. The standard InChI is InChI=1S/C22H24FN3O3/c23-16-4-7-18-19-8-9-24-14-21(19)26(20(18)13-16)10-1-11-29-17-5-2-15(3-6-17)12-22(27)25-28/h2-7,13,24,28H,1,8-12,14H2,(H,25,27). The first kappa shape index (κ1) is 19.4. The number of carbonyl (C=O) groups excluding carboxylic acids is 1. The molecule has 3 N–H and O–H groups in total. The van der Waals surface area contributed by atoms with Crippen molar-refractivity contribution in [1.82, 2.24) is 15.4 Å². The molecule has 0 fully saturated rings. The van der Waals surface area contributed by atoms with Crippen molar-refractivity contribution in [3.05, 3.63) is 65.1 Å². The Labute approximate surface area is 168 Å². The van der Waals surface area contributed by atoms with Crippen LogP contribution < -0.4 is 15.5 Å². The second-order valence-corrected chi connectivity index (χ2v) is 7.22. The number of nitrogens with zero attached hydrogens (tertiary/aromatic N) is 1. The van der Waals surface area contributed by atoms with Crippen molar-refractivity contribution >= 4 is 16.8 Å². The fourth-order valence-corrected chi connectivity index (χ4v) is 3.94. The number of hydrogen-bond acceptors (Lipinski definition) is 4. The van der Waals surface area contributed by atoms with Crippen LogP contribution in [0, 0.1) is 5.82 Å². The number of halogens is 1. The summed E-state index contributed by atoms with van der Waals surface area (Å²) in [6.45, 7) is 3.04. The number of nitrogens with one attached hydrogen (secondary N) is 2. The maximum absolute atomic E-state index is 13.8. The Bertz CT molecular complexity index is 1010. The average Bonchev–Trinajstić information content (AvgIpc) is 3.05. The van der Waals surface area contributed by atoms with E-state index in [1.54, 1.807) is 23.7 Å². The van der Waals surface area contributed by atoms with Crippen LogP contribution in [0.3, 0.4) is 0 Å². The maximum atomic E-state index is 13.8. The predicted molar refractivity (Wildman–Crippen MR) is 107 cm³/mol. The lowest BCUT2D eigenvalue weighted by Gasteiger charge is -2.17. The first-order valence-electron chi connectivity index (χ1n) is 9.80. The molecule has 2 aromatic carbocycles. The normalized spacial score (nSPS) is 13.3. The van der Waals surface area contributed by atoms with Crippen LogP contribution in [0.2, 0.25) is 0 Å². The van der Waals surface area contributed by atoms with Gasteiger partial charge in [0.2, 0.25) is 5.91 Å². The number of fused-ring (bicyclic) bond motifs is 3. The molecule has 3 aromatic rings. The average molecular weight is 397 g/mol. The molecule has 0 saturated heterocycles. The highest BCUT2D eigenvalue weighted by Crippen LogP contribution is 2.29. The Kier molecular flexibility index (Phi) is 5.78. The second kappa shape index (κ2) is 8.63. The van der Waals surface area contributed by atoms with E-state index in [2.05, 4.69) is 9.88 Å². The Hall–Kier alpha value is -2.90. The molecule has 4 rings (SSSR count). The van der Waals surface area contributed by atoms with E-state index in [4.69, 9.17) is 9.94 Å². The molecule has 0 radical (unpaired) electrons. The monoisotopic (exact) mass is 397 g/mol. The zero-order chi connectivity index (χ0) is 20.2. The number of aryl methyl sites for hydroxylation is 1. The number of carbonyl (C=O) groups is 1. The van der Waals surface area contributed by atoms with Gasteiger partial charge in [0.25, 0.3) is 0 Å². The smallest absolute Gasteiger partial charge is 0.247 e. The van der Waals surface area contributed by atoms with Gasteiger partial charge in [-0.1, -0.05) is 12.1 Å². The Balaban J connectivity index is 1.39. The van der Waals surface area contributed by atoms with Gasteiger partial charge >= 0.3 is 0 Å². The largest absolute Gasteiger partial charge is 0.494 e. The fourth-order valence-electron chi connectivity index (χ4n) is 3.94. The lowest BCUT2D eigenvalue weighted by Crippen LogP contribution is -2.25. The molecule has 0 atom stereocenters. The van der Waals surface area contributed by atoms with E-state index in [1.165, 1.54) is 17.3 Å². The van der Waals surface area contributed by atoms with E-state index in [0.29, 0.717) is 6.61 Å². The van der Waals surface area contributed by atoms with E-state index in [1.807, 2.05) is 18.2 Å². The molecule has 1 aromatic heterocycles. The van der Waals surface area contributed by atoms with Crippen molar-refractivity contribution in [2.75, 3.05) is 13.2 Å². The number of hydroxylamine groups is 1. The maximum Gasteiger partial charge on any atom is 0.247 e. The van der Waals surface area contributed by atoms with Crippen molar-refractivity contribution < 1.29 is 19.1 Å². The number of ether oxygens (including phenoxy) is 1. The fraction of sp³-hybridized carbons (Fsp3) is 0.318. The topological polar surface area (TPSA) is 75.5 Å². The van der Waals surface area contributed by atoms with E-state index in [9.17, 15) is 9.18 Å². The van der Waals surface area contributed by atoms with Crippen molar-refractivity contribution in [2.45, 2.75) is 32.4 Å². The Morgan fingerprint density at radius 1 is 1.24 bits per heavy atom. The summed E-state index contributed by atoms with van der Waals surface area (Å²) >= 11 is 0. The molecule has 0 spiro atoms. The minimum atomic E-state index is -0.452. The molecule has 0 bridgehead atoms. The van der Waals surface area contributed by atoms with Gasteiger partial charge in [0.15, 0.2) is 0 Å². The molecule has 1 aliphatic heterocycles. The summed E-state index contributed by atoms with van der Waals surface area (Å²) in [4.78, 5) is 11.2. The lowest BCUT2D eigenvalue weighted by atomic mass is 10.0. The van der Waals surface area contributed by atoms with Crippen molar-refractivity contribution in [3.63, 3.8) is 0 Å². The summed E-state index contributed by atoms with van der Waals surface area (Å²) in [5, 5.41) is 13.1. The van der Waals surface area contributed by atoms with Gasteiger partial charge in [-0.25, -0.2) is 9.87 Å². The number of hydrogen-bond donors (Lipinski definition) is 3. The van der Waals surface area contributed by atoms with Gasteiger partial charge in [-0.2, -0.15) is 0 Å². The molecule has 1 aliphatic rings. The van der Waals surface area contributed by atoms with Crippen molar-refractivity contribution in [3.8, 4) is 5.75 Å². The van der Waals surface area contributed by atoms with Crippen LogP contribution in [0.15, 0.2) is 42.5 Å². The van der Waals surface area contributed by atoms with Crippen LogP contribution in [-0.4, -0.2) is 28.8 Å². The van der Waals surface area contributed by atoms with Gasteiger partial charge in [0.05, 0.1) is 18.5 Å². The van der Waals surface area contributed by atoms with Crippen LogP contribution in [0.1, 0.15) is 23.2 Å². The molecular weight excluding hydrogens is 373 g/mol. The number of amides is 1. The third-order valence-corrected chi connectivity index (χ3v) is 5.30. The first-order valence-corrected chi connectivity index (χ1v) is 9.80. The van der Waals surface area contributed by atoms with E-state index < -0.39 is 5.91 Å². The van der Waals surface area contributed by atoms with Crippen LogP contribution in [-0.2, 0) is 30.7 Å². The van der Waals surface area contributed by atoms with Gasteiger partial charge in [-0.3, -0.25) is 10.0 Å². The van der Waals surface area contributed by atoms with Crippen LogP contribution in [0.25, 0.3) is 10.9 Å². The highest BCUT2D eigenvalue weighted by molar-refractivity contribution is 5.86. The number of aromatic nitrogens is 1. The predicted octanol–water partition coefficient (Wildman–Crippen LogP) is 2.94. The molecule has 0 unspecified atom stereocenters. The zero-order valence-electron chi connectivity index (χ0n) is 16.1. The first-order chi connectivity index (χ1) is 14.2. The van der Waals surface area contributed by atoms with Gasteiger partial charge in [-0.05, 0) is 60.8 Å². The summed E-state index contributed by atoms with van der Waals surface area (Å²) in [6.07, 6.45) is 1.87. The third-order valence-electron chi connectivity index (χ3n) is 5.30. The highest BCUT2D eigenvalue weighted by atomic mass is 19.1. The number of rotatable bonds is 7. The summed E-state index contributed by atoms with van der Waals surface area (Å²) < 4.78 is 21.9. The summed E-state index contributed by atoms with van der Waals surface area (Å²) in [6, 6.07) is 12.3. The minimum absolute atomic E-state index is 0.118. The van der Waals surface area contributed by atoms with Crippen molar-refractivity contribution in [1.29, 1.82) is 0 Å². The van der Waals surface area contributed by atoms with Crippen LogP contribution >= 0.6 is 0 Å². The summed E-state index contributed by atoms with van der Waals surface area (Å²) in [5.41, 5.74) is 5.93. The molecular formula is C22H24FN3O3. The number of benzene rings is 2. The molecule has 2 heterocycles. The SMILES string of the molecule is O=C(Cc1ccc(OCCCn2c3c(c4ccc(F)cc42)CCNC3)cc1)NO. The summed E-state index contributed by atoms with van der Waals surface area (Å²) in [5.74, 6) is 0.0601. The second-order valence-electron chi connectivity index (χ2n) is 7.22. The quantitative estimate of drug-likeness (QED) is 0.326. The van der Waals surface area contributed by atoms with E-state index in [-0.39, 0.29) is 12.2 Å². The lowest BCUT2D eigenvalue weighted by molar-refractivity contribution is -0.128. The van der Waals surface area contributed by atoms with Gasteiger partial charge in [-0.15, -0.1) is 0 Å². The van der Waals surface area contributed by atoms with Crippen LogP contribution in [0.5, 0.6) is 5.75 Å².